The van der Waals surface area contributed by atoms with Gasteiger partial charge in [-0.1, -0.05) is 11.6 Å². The third-order valence-corrected chi connectivity index (χ3v) is 4.17. The lowest BCUT2D eigenvalue weighted by atomic mass is 10.2. The van der Waals surface area contributed by atoms with Crippen molar-refractivity contribution in [1.82, 2.24) is 9.80 Å². The number of halogens is 1. The first-order valence-corrected chi connectivity index (χ1v) is 7.43. The fraction of sp³-hybridized carbons (Fsp3) is 0.533. The molecule has 1 amide bonds. The van der Waals surface area contributed by atoms with Crippen LogP contribution in [0.25, 0.3) is 0 Å². The van der Waals surface area contributed by atoms with Crippen LogP contribution in [0, 0.1) is 6.92 Å². The van der Waals surface area contributed by atoms with Crippen LogP contribution in [0.15, 0.2) is 12.1 Å². The van der Waals surface area contributed by atoms with Crippen LogP contribution in [0.4, 0.5) is 5.69 Å². The minimum Gasteiger partial charge on any atom is -0.495 e. The Morgan fingerprint density at radius 3 is 2.62 bits per heavy atom. The summed E-state index contributed by atoms with van der Waals surface area (Å²) in [7, 11) is 3.66. The van der Waals surface area contributed by atoms with Gasteiger partial charge in [0.2, 0.25) is 5.91 Å². The Balaban J connectivity index is 1.96. The number of aryl methyl sites for hydroxylation is 1. The molecule has 1 aromatic carbocycles. The largest absolute Gasteiger partial charge is 0.495 e. The smallest absolute Gasteiger partial charge is 0.241 e. The van der Waals surface area contributed by atoms with Crippen LogP contribution in [-0.4, -0.2) is 62.6 Å². The summed E-state index contributed by atoms with van der Waals surface area (Å²) in [6, 6.07) is 3.66. The molecule has 6 heteroatoms. The van der Waals surface area contributed by atoms with Gasteiger partial charge in [-0.05, 0) is 25.6 Å². The zero-order valence-corrected chi connectivity index (χ0v) is 13.5. The van der Waals surface area contributed by atoms with Crippen LogP contribution in [0.3, 0.4) is 0 Å². The van der Waals surface area contributed by atoms with Crippen LogP contribution < -0.4 is 10.1 Å². The molecule has 1 heterocycles. The van der Waals surface area contributed by atoms with E-state index in [1.54, 1.807) is 13.2 Å². The minimum absolute atomic E-state index is 0.109. The predicted octanol–water partition coefficient (Wildman–Crippen LogP) is 1.84. The maximum Gasteiger partial charge on any atom is 0.241 e. The average Bonchev–Trinajstić information content (AvgIpc) is 2.48. The summed E-state index contributed by atoms with van der Waals surface area (Å²) in [5, 5.41) is 3.81. The Morgan fingerprint density at radius 1 is 1.33 bits per heavy atom. The number of carbonyl (C=O) groups excluding carboxylic acids is 1. The molecule has 1 aliphatic rings. The van der Waals surface area contributed by atoms with Gasteiger partial charge in [0.15, 0.2) is 0 Å². The van der Waals surface area contributed by atoms with Crippen LogP contribution in [0.1, 0.15) is 5.56 Å². The zero-order valence-electron chi connectivity index (χ0n) is 12.8. The molecule has 5 nitrogen and oxygen atoms in total. The SMILES string of the molecule is COc1cc(Cl)c(C)cc1NCC(=O)N1CCN(C)CC1. The van der Waals surface area contributed by atoms with E-state index in [2.05, 4.69) is 17.3 Å². The summed E-state index contributed by atoms with van der Waals surface area (Å²) in [5.74, 6) is 0.759. The highest BCUT2D eigenvalue weighted by atomic mass is 35.5. The molecule has 0 atom stereocenters. The molecular formula is C15H22ClN3O2. The summed E-state index contributed by atoms with van der Waals surface area (Å²) >= 11 is 6.08. The van der Waals surface area contributed by atoms with Gasteiger partial charge >= 0.3 is 0 Å². The molecule has 0 aromatic heterocycles. The van der Waals surface area contributed by atoms with Crippen LogP contribution >= 0.6 is 11.6 Å². The van der Waals surface area contributed by atoms with Gasteiger partial charge in [0.1, 0.15) is 5.75 Å². The summed E-state index contributed by atoms with van der Waals surface area (Å²) in [6.45, 7) is 5.61. The number of methoxy groups -OCH3 is 1. The lowest BCUT2D eigenvalue weighted by Gasteiger charge is -2.32. The molecule has 0 spiro atoms. The third kappa shape index (κ3) is 4.02. The van der Waals surface area contributed by atoms with Gasteiger partial charge in [0.25, 0.3) is 0 Å². The Kier molecular flexibility index (Phi) is 5.31. The summed E-state index contributed by atoms with van der Waals surface area (Å²) in [5.41, 5.74) is 1.74. The molecule has 1 N–H and O–H groups in total. The van der Waals surface area contributed by atoms with E-state index in [0.29, 0.717) is 10.8 Å². The molecule has 1 fully saturated rings. The van der Waals surface area contributed by atoms with Crippen molar-refractivity contribution in [2.24, 2.45) is 0 Å². The van der Waals surface area contributed by atoms with Crippen molar-refractivity contribution >= 4 is 23.2 Å². The van der Waals surface area contributed by atoms with Crippen molar-refractivity contribution in [2.75, 3.05) is 52.2 Å². The highest BCUT2D eigenvalue weighted by molar-refractivity contribution is 6.31. The van der Waals surface area contributed by atoms with Crippen molar-refractivity contribution in [3.05, 3.63) is 22.7 Å². The lowest BCUT2D eigenvalue weighted by Crippen LogP contribution is -2.48. The number of piperazine rings is 1. The standard InChI is InChI=1S/C15H22ClN3O2/c1-11-8-13(14(21-3)9-12(11)16)17-10-15(20)19-6-4-18(2)5-7-19/h8-9,17H,4-7,10H2,1-3H3. The Labute approximate surface area is 130 Å². The van der Waals surface area contributed by atoms with E-state index in [0.717, 1.165) is 37.4 Å². The number of nitrogens with one attached hydrogen (secondary N) is 1. The molecular weight excluding hydrogens is 290 g/mol. The maximum absolute atomic E-state index is 12.2. The average molecular weight is 312 g/mol. The molecule has 0 aliphatic carbocycles. The van der Waals surface area contributed by atoms with E-state index >= 15 is 0 Å². The summed E-state index contributed by atoms with van der Waals surface area (Å²) < 4.78 is 5.29. The number of benzene rings is 1. The van der Waals surface area contributed by atoms with Crippen molar-refractivity contribution in [3.63, 3.8) is 0 Å². The number of hydrogen-bond donors (Lipinski definition) is 1. The molecule has 116 valence electrons. The second-order valence-corrected chi connectivity index (χ2v) is 5.75. The van der Waals surface area contributed by atoms with E-state index in [1.165, 1.54) is 0 Å². The molecule has 0 saturated carbocycles. The number of nitrogens with zero attached hydrogens (tertiary/aromatic N) is 2. The zero-order chi connectivity index (χ0) is 15.4. The van der Waals surface area contributed by atoms with E-state index in [-0.39, 0.29) is 12.5 Å². The first-order chi connectivity index (χ1) is 10.0. The van der Waals surface area contributed by atoms with Crippen molar-refractivity contribution in [1.29, 1.82) is 0 Å². The first-order valence-electron chi connectivity index (χ1n) is 7.05. The number of rotatable bonds is 4. The number of anilines is 1. The Hall–Kier alpha value is -1.46. The molecule has 0 unspecified atom stereocenters. The van der Waals surface area contributed by atoms with Crippen LogP contribution in [0.5, 0.6) is 5.75 Å². The predicted molar refractivity (Wildman–Crippen MR) is 85.3 cm³/mol. The quantitative estimate of drug-likeness (QED) is 0.921. The Morgan fingerprint density at radius 2 is 2.00 bits per heavy atom. The second kappa shape index (κ2) is 7.00. The van der Waals surface area contributed by atoms with Gasteiger partial charge in [-0.25, -0.2) is 0 Å². The monoisotopic (exact) mass is 311 g/mol. The molecule has 0 radical (unpaired) electrons. The highest BCUT2D eigenvalue weighted by Crippen LogP contribution is 2.30. The van der Waals surface area contributed by atoms with Gasteiger partial charge in [0, 0.05) is 37.3 Å². The van der Waals surface area contributed by atoms with E-state index in [9.17, 15) is 4.79 Å². The number of ether oxygens (including phenoxy) is 1. The number of amides is 1. The summed E-state index contributed by atoms with van der Waals surface area (Å²) in [4.78, 5) is 16.3. The van der Waals surface area contributed by atoms with E-state index in [4.69, 9.17) is 16.3 Å². The maximum atomic E-state index is 12.2. The fourth-order valence-corrected chi connectivity index (χ4v) is 2.46. The summed E-state index contributed by atoms with van der Waals surface area (Å²) in [6.07, 6.45) is 0. The molecule has 21 heavy (non-hydrogen) atoms. The van der Waals surface area contributed by atoms with Crippen molar-refractivity contribution in [3.8, 4) is 5.75 Å². The lowest BCUT2D eigenvalue weighted by molar-refractivity contribution is -0.130. The number of carbonyl (C=O) groups is 1. The van der Waals surface area contributed by atoms with Gasteiger partial charge in [-0.15, -0.1) is 0 Å². The molecule has 2 rings (SSSR count). The molecule has 1 aliphatic heterocycles. The number of likely N-dealkylation sites (N-methyl/N-ethyl adjacent to an activating group) is 1. The van der Waals surface area contributed by atoms with Gasteiger partial charge in [-0.3, -0.25) is 4.79 Å². The van der Waals surface area contributed by atoms with Crippen LogP contribution in [0.2, 0.25) is 5.02 Å². The van der Waals surface area contributed by atoms with Crippen molar-refractivity contribution < 1.29 is 9.53 Å². The van der Waals surface area contributed by atoms with Crippen LogP contribution in [-0.2, 0) is 4.79 Å². The third-order valence-electron chi connectivity index (χ3n) is 3.77. The minimum atomic E-state index is 0.109. The van der Waals surface area contributed by atoms with Gasteiger partial charge in [-0.2, -0.15) is 0 Å². The van der Waals surface area contributed by atoms with E-state index in [1.807, 2.05) is 17.9 Å². The first kappa shape index (κ1) is 15.9. The topological polar surface area (TPSA) is 44.8 Å². The van der Waals surface area contributed by atoms with Crippen molar-refractivity contribution in [2.45, 2.75) is 6.92 Å². The molecule has 1 aromatic rings. The fourth-order valence-electron chi connectivity index (χ4n) is 2.31. The highest BCUT2D eigenvalue weighted by Gasteiger charge is 2.19. The van der Waals surface area contributed by atoms with Gasteiger partial charge in [0.05, 0.1) is 19.3 Å². The molecule has 1 saturated heterocycles. The second-order valence-electron chi connectivity index (χ2n) is 5.34. The van der Waals surface area contributed by atoms with E-state index < -0.39 is 0 Å². The molecule has 0 bridgehead atoms. The Bertz CT molecular complexity index is 514. The van der Waals surface area contributed by atoms with Gasteiger partial charge < -0.3 is 19.9 Å². The number of hydrogen-bond acceptors (Lipinski definition) is 4. The normalized spacial score (nSPS) is 15.9.